The second kappa shape index (κ2) is 5.90. The summed E-state index contributed by atoms with van der Waals surface area (Å²) in [6.07, 6.45) is 2.06. The number of ketones is 1. The van der Waals surface area contributed by atoms with Gasteiger partial charge >= 0.3 is 0 Å². The van der Waals surface area contributed by atoms with E-state index in [1.807, 2.05) is 6.07 Å². The van der Waals surface area contributed by atoms with Crippen molar-refractivity contribution >= 4 is 33.1 Å². The van der Waals surface area contributed by atoms with Crippen LogP contribution in [0.2, 0.25) is 0 Å². The molecule has 0 aliphatic heterocycles. The topological polar surface area (TPSA) is 80.3 Å². The minimum atomic E-state index is -4.01. The Bertz CT molecular complexity index is 879. The minimum Gasteiger partial charge on any atom is -0.295 e. The quantitative estimate of drug-likeness (QED) is 0.842. The maximum atomic E-state index is 12.4. The molecule has 1 saturated carbocycles. The molecule has 1 heterocycles. The molecule has 0 spiro atoms. The fourth-order valence-electron chi connectivity index (χ4n) is 2.33. The molecule has 2 aromatic rings. The Morgan fingerprint density at radius 2 is 1.96 bits per heavy atom. The van der Waals surface area contributed by atoms with E-state index in [2.05, 4.69) is 4.72 Å². The van der Waals surface area contributed by atoms with Gasteiger partial charge in [-0.3, -0.25) is 9.59 Å². The zero-order chi connectivity index (χ0) is 16.6. The van der Waals surface area contributed by atoms with Gasteiger partial charge in [0.25, 0.3) is 15.9 Å². The van der Waals surface area contributed by atoms with Crippen LogP contribution in [0.5, 0.6) is 0 Å². The second-order valence-electron chi connectivity index (χ2n) is 5.50. The van der Waals surface area contributed by atoms with Gasteiger partial charge in [0, 0.05) is 5.56 Å². The first-order valence-electron chi connectivity index (χ1n) is 7.14. The van der Waals surface area contributed by atoms with E-state index in [1.165, 1.54) is 42.5 Å². The lowest BCUT2D eigenvalue weighted by Gasteiger charge is -2.08. The van der Waals surface area contributed by atoms with Crippen LogP contribution >= 0.6 is 11.3 Å². The molecule has 1 aromatic carbocycles. The number of hydrogen-bond donors (Lipinski definition) is 1. The van der Waals surface area contributed by atoms with E-state index in [9.17, 15) is 18.0 Å². The third-order valence-corrected chi connectivity index (χ3v) is 5.95. The zero-order valence-electron chi connectivity index (χ0n) is 12.4. The van der Waals surface area contributed by atoms with Crippen LogP contribution in [-0.2, 0) is 10.0 Å². The van der Waals surface area contributed by atoms with E-state index in [-0.39, 0.29) is 16.2 Å². The number of carbonyl (C=O) groups excluding carboxylic acids is 2. The molecule has 1 amide bonds. The highest BCUT2D eigenvalue weighted by atomic mass is 32.2. The number of nitrogens with one attached hydrogen (secondary N) is 1. The Labute approximate surface area is 138 Å². The maximum absolute atomic E-state index is 12.4. The number of carbonyl (C=O) groups is 2. The predicted molar refractivity (Wildman–Crippen MR) is 87.4 cm³/mol. The van der Waals surface area contributed by atoms with Crippen molar-refractivity contribution in [3.05, 3.63) is 51.7 Å². The Hall–Kier alpha value is -1.99. The number of sulfonamides is 1. The van der Waals surface area contributed by atoms with Crippen LogP contribution in [0.25, 0.3) is 0 Å². The standard InChI is InChI=1S/C16H15NO4S2/c1-10(18)12-3-2-4-13(9-12)23(20,21)17-16(19)15-14(7-8-22-15)11-5-6-11/h2-4,7-9,11H,5-6H2,1H3,(H,17,19). The van der Waals surface area contributed by atoms with Crippen LogP contribution in [0.3, 0.4) is 0 Å². The first-order valence-corrected chi connectivity index (χ1v) is 9.50. The molecule has 120 valence electrons. The Morgan fingerprint density at radius 1 is 1.22 bits per heavy atom. The van der Waals surface area contributed by atoms with E-state index < -0.39 is 15.9 Å². The van der Waals surface area contributed by atoms with Crippen molar-refractivity contribution in [3.8, 4) is 0 Å². The van der Waals surface area contributed by atoms with Gasteiger partial charge in [-0.25, -0.2) is 13.1 Å². The first kappa shape index (κ1) is 15.9. The third kappa shape index (κ3) is 3.35. The molecule has 1 aliphatic rings. The number of benzene rings is 1. The average molecular weight is 349 g/mol. The summed E-state index contributed by atoms with van der Waals surface area (Å²) in [6.45, 7) is 1.36. The summed E-state index contributed by atoms with van der Waals surface area (Å²) in [5.41, 5.74) is 1.20. The fraction of sp³-hybridized carbons (Fsp3) is 0.250. The molecule has 0 saturated heterocycles. The van der Waals surface area contributed by atoms with Gasteiger partial charge in [-0.05, 0) is 54.8 Å². The second-order valence-corrected chi connectivity index (χ2v) is 8.10. The summed E-state index contributed by atoms with van der Waals surface area (Å²) in [6, 6.07) is 7.52. The monoisotopic (exact) mass is 349 g/mol. The van der Waals surface area contributed by atoms with Crippen molar-refractivity contribution < 1.29 is 18.0 Å². The van der Waals surface area contributed by atoms with Crippen molar-refractivity contribution in [3.63, 3.8) is 0 Å². The van der Waals surface area contributed by atoms with Crippen LogP contribution in [-0.4, -0.2) is 20.1 Å². The molecular weight excluding hydrogens is 334 g/mol. The Kier molecular flexibility index (Phi) is 4.08. The summed E-state index contributed by atoms with van der Waals surface area (Å²) in [5, 5.41) is 1.80. The summed E-state index contributed by atoms with van der Waals surface area (Å²) in [7, 11) is -4.01. The summed E-state index contributed by atoms with van der Waals surface area (Å²) >= 11 is 1.24. The lowest BCUT2D eigenvalue weighted by atomic mass is 10.1. The number of rotatable bonds is 5. The number of Topliss-reactive ketones (excluding diaryl/α,β-unsaturated/α-hetero) is 1. The first-order chi connectivity index (χ1) is 10.9. The maximum Gasteiger partial charge on any atom is 0.275 e. The van der Waals surface area contributed by atoms with Crippen molar-refractivity contribution in [2.75, 3.05) is 0 Å². The van der Waals surface area contributed by atoms with Crippen LogP contribution in [0.15, 0.2) is 40.6 Å². The van der Waals surface area contributed by atoms with E-state index >= 15 is 0 Å². The van der Waals surface area contributed by atoms with E-state index in [4.69, 9.17) is 0 Å². The molecule has 0 atom stereocenters. The van der Waals surface area contributed by atoms with Gasteiger partial charge < -0.3 is 0 Å². The lowest BCUT2D eigenvalue weighted by molar-refractivity contribution is 0.0982. The normalized spacial score (nSPS) is 14.5. The molecule has 5 nitrogen and oxygen atoms in total. The highest BCUT2D eigenvalue weighted by Gasteiger charge is 2.30. The molecule has 0 bridgehead atoms. The molecule has 23 heavy (non-hydrogen) atoms. The number of thiophene rings is 1. The molecule has 1 N–H and O–H groups in total. The van der Waals surface area contributed by atoms with Crippen molar-refractivity contribution in [1.29, 1.82) is 0 Å². The summed E-state index contributed by atoms with van der Waals surface area (Å²) in [4.78, 5) is 24.0. The molecule has 1 aliphatic carbocycles. The van der Waals surface area contributed by atoms with Gasteiger partial charge in [0.1, 0.15) is 0 Å². The SMILES string of the molecule is CC(=O)c1cccc(S(=O)(=O)NC(=O)c2sccc2C2CC2)c1. The van der Waals surface area contributed by atoms with Crippen LogP contribution in [0, 0.1) is 0 Å². The molecule has 1 fully saturated rings. The molecule has 1 aromatic heterocycles. The molecular formula is C16H15NO4S2. The van der Waals surface area contributed by atoms with Crippen molar-refractivity contribution in [2.45, 2.75) is 30.6 Å². The Morgan fingerprint density at radius 3 is 2.61 bits per heavy atom. The van der Waals surface area contributed by atoms with Gasteiger partial charge in [-0.2, -0.15) is 0 Å². The van der Waals surface area contributed by atoms with Crippen LogP contribution in [0.4, 0.5) is 0 Å². The number of hydrogen-bond acceptors (Lipinski definition) is 5. The zero-order valence-corrected chi connectivity index (χ0v) is 14.0. The largest absolute Gasteiger partial charge is 0.295 e. The lowest BCUT2D eigenvalue weighted by Crippen LogP contribution is -2.30. The van der Waals surface area contributed by atoms with Gasteiger partial charge in [-0.1, -0.05) is 12.1 Å². The predicted octanol–water partition coefficient (Wildman–Crippen LogP) is 2.95. The average Bonchev–Trinajstić information content (AvgIpc) is 3.23. The van der Waals surface area contributed by atoms with Gasteiger partial charge in [0.2, 0.25) is 0 Å². The Balaban J connectivity index is 1.86. The van der Waals surface area contributed by atoms with Gasteiger partial charge in [0.15, 0.2) is 5.78 Å². The van der Waals surface area contributed by atoms with Crippen molar-refractivity contribution in [2.24, 2.45) is 0 Å². The summed E-state index contributed by atoms with van der Waals surface area (Å²) < 4.78 is 26.8. The minimum absolute atomic E-state index is 0.0944. The smallest absolute Gasteiger partial charge is 0.275 e. The van der Waals surface area contributed by atoms with Gasteiger partial charge in [0.05, 0.1) is 9.77 Å². The summed E-state index contributed by atoms with van der Waals surface area (Å²) in [5.74, 6) is -0.483. The van der Waals surface area contributed by atoms with Crippen LogP contribution in [0.1, 0.15) is 51.3 Å². The molecule has 0 radical (unpaired) electrons. The van der Waals surface area contributed by atoms with E-state index in [0.29, 0.717) is 10.8 Å². The van der Waals surface area contributed by atoms with Gasteiger partial charge in [-0.15, -0.1) is 11.3 Å². The van der Waals surface area contributed by atoms with Crippen molar-refractivity contribution in [1.82, 2.24) is 4.72 Å². The third-order valence-electron chi connectivity index (χ3n) is 3.70. The highest BCUT2D eigenvalue weighted by Crippen LogP contribution is 2.43. The number of amides is 1. The van der Waals surface area contributed by atoms with E-state index in [1.54, 1.807) is 5.38 Å². The van der Waals surface area contributed by atoms with Crippen LogP contribution < -0.4 is 4.72 Å². The molecule has 7 heteroatoms. The molecule has 3 rings (SSSR count). The van der Waals surface area contributed by atoms with E-state index in [0.717, 1.165) is 18.4 Å². The molecule has 0 unspecified atom stereocenters. The highest BCUT2D eigenvalue weighted by molar-refractivity contribution is 7.90. The fourth-order valence-corrected chi connectivity index (χ4v) is 4.28.